The van der Waals surface area contributed by atoms with E-state index >= 15 is 0 Å². The molecule has 0 amide bonds. The fourth-order valence-electron chi connectivity index (χ4n) is 3.49. The summed E-state index contributed by atoms with van der Waals surface area (Å²) in [5.74, 6) is -0.904. The number of aliphatic carboxylic acids is 1. The highest BCUT2D eigenvalue weighted by Gasteiger charge is 2.41. The molecular formula is C23H20ClN5O3. The Labute approximate surface area is 189 Å². The molecule has 1 aliphatic rings. The molecule has 3 aromatic rings. The van der Waals surface area contributed by atoms with Gasteiger partial charge in [-0.15, -0.1) is 5.10 Å². The van der Waals surface area contributed by atoms with Crippen LogP contribution in [0.4, 0.5) is 0 Å². The van der Waals surface area contributed by atoms with E-state index in [1.807, 2.05) is 48.9 Å². The van der Waals surface area contributed by atoms with Crippen molar-refractivity contribution in [2.24, 2.45) is 5.10 Å². The van der Waals surface area contributed by atoms with Gasteiger partial charge in [0.25, 0.3) is 5.72 Å². The second-order valence-electron chi connectivity index (χ2n) is 7.68. The zero-order chi connectivity index (χ0) is 23.0. The molecule has 2 N–H and O–H groups in total. The van der Waals surface area contributed by atoms with E-state index in [9.17, 15) is 9.90 Å². The Morgan fingerprint density at radius 2 is 2.00 bits per heavy atom. The highest BCUT2D eigenvalue weighted by atomic mass is 35.5. The third-order valence-corrected chi connectivity index (χ3v) is 5.73. The van der Waals surface area contributed by atoms with E-state index in [1.54, 1.807) is 12.1 Å². The second-order valence-corrected chi connectivity index (χ2v) is 8.09. The summed E-state index contributed by atoms with van der Waals surface area (Å²) in [7, 11) is 0. The van der Waals surface area contributed by atoms with Crippen LogP contribution in [0.25, 0.3) is 5.69 Å². The molecule has 2 heterocycles. The molecule has 4 rings (SSSR count). The van der Waals surface area contributed by atoms with Gasteiger partial charge in [-0.3, -0.25) is 5.43 Å². The Kier molecular flexibility index (Phi) is 5.36. The van der Waals surface area contributed by atoms with Crippen molar-refractivity contribution in [1.82, 2.24) is 15.2 Å². The van der Waals surface area contributed by atoms with Gasteiger partial charge in [-0.25, -0.2) is 9.48 Å². The first-order chi connectivity index (χ1) is 15.2. The number of carboxylic acid groups (broad SMARTS) is 1. The molecule has 0 saturated carbocycles. The van der Waals surface area contributed by atoms with Gasteiger partial charge in [-0.2, -0.15) is 10.4 Å². The van der Waals surface area contributed by atoms with Gasteiger partial charge in [0.1, 0.15) is 6.07 Å². The van der Waals surface area contributed by atoms with Gasteiger partial charge in [0.2, 0.25) is 5.90 Å². The Balaban J connectivity index is 1.55. The molecule has 8 nitrogen and oxygen atoms in total. The lowest BCUT2D eigenvalue weighted by Crippen LogP contribution is -2.45. The Morgan fingerprint density at radius 1 is 1.28 bits per heavy atom. The molecule has 0 spiro atoms. The van der Waals surface area contributed by atoms with Crippen LogP contribution >= 0.6 is 11.6 Å². The van der Waals surface area contributed by atoms with Crippen molar-refractivity contribution in [3.8, 4) is 11.8 Å². The molecule has 2 aromatic carbocycles. The number of ether oxygens (including phenoxy) is 1. The number of hydrazone groups is 1. The molecule has 1 aliphatic heterocycles. The van der Waals surface area contributed by atoms with Crippen LogP contribution in [0, 0.1) is 25.2 Å². The number of carbonyl (C=O) groups is 1. The summed E-state index contributed by atoms with van der Waals surface area (Å²) < 4.78 is 7.29. The van der Waals surface area contributed by atoms with Crippen molar-refractivity contribution >= 4 is 23.5 Å². The molecule has 9 heteroatoms. The fourth-order valence-corrected chi connectivity index (χ4v) is 3.71. The summed E-state index contributed by atoms with van der Waals surface area (Å²) in [6.45, 7) is 5.36. The van der Waals surface area contributed by atoms with Crippen molar-refractivity contribution in [3.05, 3.63) is 81.1 Å². The molecule has 0 bridgehead atoms. The molecule has 1 atom stereocenters. The number of hydrogen-bond donors (Lipinski definition) is 2. The summed E-state index contributed by atoms with van der Waals surface area (Å²) in [5, 5.41) is 27.4. The van der Waals surface area contributed by atoms with E-state index in [0.717, 1.165) is 28.2 Å². The summed E-state index contributed by atoms with van der Waals surface area (Å²) in [4.78, 5) is 11.3. The number of nitrogens with zero attached hydrogens (tertiary/aromatic N) is 4. The molecule has 162 valence electrons. The van der Waals surface area contributed by atoms with E-state index in [4.69, 9.17) is 21.6 Å². The van der Waals surface area contributed by atoms with Crippen LogP contribution in [-0.2, 0) is 16.0 Å². The van der Waals surface area contributed by atoms with Crippen molar-refractivity contribution in [2.75, 3.05) is 0 Å². The Bertz CT molecular complexity index is 1290. The summed E-state index contributed by atoms with van der Waals surface area (Å²) in [6.07, 6.45) is 0.667. The lowest BCUT2D eigenvalue weighted by atomic mass is 10.0. The number of aromatic nitrogens is 2. The lowest BCUT2D eigenvalue weighted by molar-refractivity contribution is -0.155. The van der Waals surface area contributed by atoms with Crippen LogP contribution in [0.2, 0.25) is 5.02 Å². The van der Waals surface area contributed by atoms with E-state index in [2.05, 4.69) is 21.7 Å². The Morgan fingerprint density at radius 3 is 2.59 bits per heavy atom. The van der Waals surface area contributed by atoms with Crippen molar-refractivity contribution in [1.29, 1.82) is 5.26 Å². The maximum atomic E-state index is 11.3. The lowest BCUT2D eigenvalue weighted by Gasteiger charge is -2.17. The monoisotopic (exact) mass is 449 g/mol. The van der Waals surface area contributed by atoms with Crippen LogP contribution in [0.1, 0.15) is 40.6 Å². The highest BCUT2D eigenvalue weighted by Crippen LogP contribution is 2.25. The number of carboxylic acids is 1. The minimum atomic E-state index is -1.56. The standard InChI is InChI=1S/C23H20ClN5O3/c1-13-19(14(2)29(27-13)18-9-8-17(12-25)20(24)11-18)10-15-4-6-16(7-5-15)21-26-28-23(3,32-21)22(30)31/h4-9,11,28H,10H2,1-3H3,(H,30,31). The van der Waals surface area contributed by atoms with Gasteiger partial charge in [0.05, 0.1) is 22.0 Å². The van der Waals surface area contributed by atoms with Crippen molar-refractivity contribution in [3.63, 3.8) is 0 Å². The van der Waals surface area contributed by atoms with Crippen molar-refractivity contribution in [2.45, 2.75) is 32.9 Å². The molecule has 0 saturated heterocycles. The average molecular weight is 450 g/mol. The quantitative estimate of drug-likeness (QED) is 0.614. The molecule has 1 aromatic heterocycles. The van der Waals surface area contributed by atoms with Gasteiger partial charge < -0.3 is 9.84 Å². The van der Waals surface area contributed by atoms with Crippen LogP contribution in [0.5, 0.6) is 0 Å². The third-order valence-electron chi connectivity index (χ3n) is 5.42. The molecule has 32 heavy (non-hydrogen) atoms. The van der Waals surface area contributed by atoms with Crippen LogP contribution < -0.4 is 5.43 Å². The smallest absolute Gasteiger partial charge is 0.371 e. The third kappa shape index (κ3) is 3.79. The maximum Gasteiger partial charge on any atom is 0.371 e. The number of halogens is 1. The first-order valence-electron chi connectivity index (χ1n) is 9.83. The van der Waals surface area contributed by atoms with E-state index in [-0.39, 0.29) is 5.90 Å². The second kappa shape index (κ2) is 8.02. The van der Waals surface area contributed by atoms with E-state index in [0.29, 0.717) is 22.6 Å². The predicted molar refractivity (Wildman–Crippen MR) is 119 cm³/mol. The van der Waals surface area contributed by atoms with Gasteiger partial charge in [0.15, 0.2) is 0 Å². The molecule has 0 aliphatic carbocycles. The van der Waals surface area contributed by atoms with Gasteiger partial charge in [-0.05, 0) is 49.7 Å². The number of benzene rings is 2. The van der Waals surface area contributed by atoms with Gasteiger partial charge in [0, 0.05) is 30.2 Å². The summed E-state index contributed by atoms with van der Waals surface area (Å²) >= 11 is 6.19. The first-order valence-corrected chi connectivity index (χ1v) is 10.2. The number of nitriles is 1. The number of hydrogen-bond acceptors (Lipinski definition) is 6. The zero-order valence-corrected chi connectivity index (χ0v) is 18.4. The molecule has 1 unspecified atom stereocenters. The SMILES string of the molecule is Cc1nn(-c2ccc(C#N)c(Cl)c2)c(C)c1Cc1ccc(C2=NNC(C)(C(=O)O)O2)cc1. The van der Waals surface area contributed by atoms with Crippen LogP contribution in [0.3, 0.4) is 0 Å². The number of rotatable bonds is 5. The van der Waals surface area contributed by atoms with Crippen molar-refractivity contribution < 1.29 is 14.6 Å². The molecule has 0 fully saturated rings. The maximum absolute atomic E-state index is 11.3. The topological polar surface area (TPSA) is 113 Å². The Hall–Kier alpha value is -3.83. The summed E-state index contributed by atoms with van der Waals surface area (Å²) in [5.41, 5.74) is 6.88. The van der Waals surface area contributed by atoms with E-state index < -0.39 is 11.7 Å². The zero-order valence-electron chi connectivity index (χ0n) is 17.7. The normalized spacial score (nSPS) is 17.3. The minimum absolute atomic E-state index is 0.235. The minimum Gasteiger partial charge on any atom is -0.477 e. The fraction of sp³-hybridized carbons (Fsp3) is 0.217. The van der Waals surface area contributed by atoms with Crippen LogP contribution in [0.15, 0.2) is 47.6 Å². The first kappa shape index (κ1) is 21.4. The molecule has 0 radical (unpaired) electrons. The van der Waals surface area contributed by atoms with Gasteiger partial charge >= 0.3 is 5.97 Å². The largest absolute Gasteiger partial charge is 0.477 e. The highest BCUT2D eigenvalue weighted by molar-refractivity contribution is 6.31. The van der Waals surface area contributed by atoms with Gasteiger partial charge in [-0.1, -0.05) is 23.7 Å². The number of nitrogens with one attached hydrogen (secondary N) is 1. The summed E-state index contributed by atoms with van der Waals surface area (Å²) in [6, 6.07) is 14.9. The average Bonchev–Trinajstić information content (AvgIpc) is 3.30. The predicted octanol–water partition coefficient (Wildman–Crippen LogP) is 3.69. The van der Waals surface area contributed by atoms with Crippen LogP contribution in [-0.4, -0.2) is 32.5 Å². The number of aryl methyl sites for hydroxylation is 1. The molecular weight excluding hydrogens is 430 g/mol. The van der Waals surface area contributed by atoms with E-state index in [1.165, 1.54) is 6.92 Å².